The van der Waals surface area contributed by atoms with Crippen molar-refractivity contribution in [2.75, 3.05) is 6.61 Å². The van der Waals surface area contributed by atoms with Crippen molar-refractivity contribution < 1.29 is 9.26 Å². The molecule has 0 aliphatic heterocycles. The summed E-state index contributed by atoms with van der Waals surface area (Å²) >= 11 is 0. The third-order valence-corrected chi connectivity index (χ3v) is 1.72. The summed E-state index contributed by atoms with van der Waals surface area (Å²) in [6.45, 7) is 9.85. The molecule has 0 aromatic carbocycles. The SMILES string of the molecule is CCOCc1noc(CNC(C)(C)C)n1. The molecule has 1 rings (SSSR count). The number of hydrogen-bond acceptors (Lipinski definition) is 5. The molecule has 15 heavy (non-hydrogen) atoms. The lowest BCUT2D eigenvalue weighted by atomic mass is 10.1. The second-order valence-electron chi connectivity index (χ2n) is 4.35. The van der Waals surface area contributed by atoms with Crippen LogP contribution in [0.5, 0.6) is 0 Å². The van der Waals surface area contributed by atoms with Crippen molar-refractivity contribution in [1.29, 1.82) is 0 Å². The molecule has 86 valence electrons. The number of aromatic nitrogens is 2. The van der Waals surface area contributed by atoms with Crippen LogP contribution in [0.25, 0.3) is 0 Å². The molecular weight excluding hydrogens is 194 g/mol. The van der Waals surface area contributed by atoms with Gasteiger partial charge in [-0.25, -0.2) is 0 Å². The molecule has 1 aromatic heterocycles. The van der Waals surface area contributed by atoms with Gasteiger partial charge in [0.05, 0.1) is 6.54 Å². The number of hydrogen-bond donors (Lipinski definition) is 1. The van der Waals surface area contributed by atoms with E-state index in [1.165, 1.54) is 0 Å². The molecule has 0 radical (unpaired) electrons. The molecule has 0 aliphatic carbocycles. The summed E-state index contributed by atoms with van der Waals surface area (Å²) in [7, 11) is 0. The molecule has 0 bridgehead atoms. The Balaban J connectivity index is 2.39. The Kier molecular flexibility index (Phi) is 4.23. The molecule has 0 atom stereocenters. The fourth-order valence-corrected chi connectivity index (χ4v) is 0.955. The molecule has 0 spiro atoms. The van der Waals surface area contributed by atoms with Gasteiger partial charge in [-0.1, -0.05) is 5.16 Å². The Morgan fingerprint density at radius 2 is 2.13 bits per heavy atom. The Bertz CT molecular complexity index is 291. The highest BCUT2D eigenvalue weighted by Gasteiger charge is 2.12. The first-order chi connectivity index (χ1) is 7.01. The largest absolute Gasteiger partial charge is 0.374 e. The van der Waals surface area contributed by atoms with Crippen molar-refractivity contribution in [2.24, 2.45) is 0 Å². The van der Waals surface area contributed by atoms with Crippen molar-refractivity contribution in [1.82, 2.24) is 15.5 Å². The first-order valence-electron chi connectivity index (χ1n) is 5.15. The van der Waals surface area contributed by atoms with E-state index in [0.717, 1.165) is 0 Å². The second-order valence-corrected chi connectivity index (χ2v) is 4.35. The molecule has 0 saturated heterocycles. The average molecular weight is 213 g/mol. The summed E-state index contributed by atoms with van der Waals surface area (Å²) in [5, 5.41) is 7.07. The molecule has 1 heterocycles. The highest BCUT2D eigenvalue weighted by molar-refractivity contribution is 4.85. The first-order valence-corrected chi connectivity index (χ1v) is 5.15. The second kappa shape index (κ2) is 5.23. The van der Waals surface area contributed by atoms with Gasteiger partial charge in [-0.05, 0) is 27.7 Å². The van der Waals surface area contributed by atoms with Crippen LogP contribution in [-0.4, -0.2) is 22.3 Å². The van der Waals surface area contributed by atoms with Gasteiger partial charge in [0.1, 0.15) is 6.61 Å². The Morgan fingerprint density at radius 1 is 1.40 bits per heavy atom. The molecule has 0 saturated carbocycles. The minimum Gasteiger partial charge on any atom is -0.374 e. The highest BCUT2D eigenvalue weighted by Crippen LogP contribution is 2.03. The third-order valence-electron chi connectivity index (χ3n) is 1.72. The first kappa shape index (κ1) is 12.1. The molecule has 0 fully saturated rings. The number of rotatable bonds is 5. The Labute approximate surface area is 90.2 Å². The average Bonchev–Trinajstić information content (AvgIpc) is 2.58. The van der Waals surface area contributed by atoms with Crippen LogP contribution >= 0.6 is 0 Å². The van der Waals surface area contributed by atoms with Crippen molar-refractivity contribution in [2.45, 2.75) is 46.4 Å². The zero-order chi connectivity index (χ0) is 11.3. The van der Waals surface area contributed by atoms with Gasteiger partial charge in [0.15, 0.2) is 5.82 Å². The van der Waals surface area contributed by atoms with E-state index in [0.29, 0.717) is 31.5 Å². The summed E-state index contributed by atoms with van der Waals surface area (Å²) in [6.07, 6.45) is 0. The van der Waals surface area contributed by atoms with E-state index in [4.69, 9.17) is 9.26 Å². The summed E-state index contributed by atoms with van der Waals surface area (Å²) in [6, 6.07) is 0. The van der Waals surface area contributed by atoms with Crippen LogP contribution in [0.3, 0.4) is 0 Å². The van der Waals surface area contributed by atoms with E-state index in [1.54, 1.807) is 0 Å². The van der Waals surface area contributed by atoms with Gasteiger partial charge >= 0.3 is 0 Å². The van der Waals surface area contributed by atoms with Crippen LogP contribution < -0.4 is 5.32 Å². The third kappa shape index (κ3) is 4.90. The van der Waals surface area contributed by atoms with Gasteiger partial charge in [0.25, 0.3) is 0 Å². The molecule has 0 unspecified atom stereocenters. The van der Waals surface area contributed by atoms with Crippen molar-refractivity contribution >= 4 is 0 Å². The molecule has 0 aliphatic rings. The zero-order valence-electron chi connectivity index (χ0n) is 9.83. The van der Waals surface area contributed by atoms with E-state index >= 15 is 0 Å². The quantitative estimate of drug-likeness (QED) is 0.803. The molecular formula is C10H19N3O2. The predicted molar refractivity (Wildman–Crippen MR) is 56.2 cm³/mol. The Morgan fingerprint density at radius 3 is 2.73 bits per heavy atom. The highest BCUT2D eigenvalue weighted by atomic mass is 16.5. The lowest BCUT2D eigenvalue weighted by molar-refractivity contribution is 0.126. The maximum absolute atomic E-state index is 5.17. The van der Waals surface area contributed by atoms with Gasteiger partial charge in [0.2, 0.25) is 5.89 Å². The minimum atomic E-state index is 0.0502. The summed E-state index contributed by atoms with van der Waals surface area (Å²) in [4.78, 5) is 4.19. The van der Waals surface area contributed by atoms with Crippen LogP contribution in [0.1, 0.15) is 39.4 Å². The number of nitrogens with one attached hydrogen (secondary N) is 1. The molecule has 1 aromatic rings. The normalized spacial score (nSPS) is 12.0. The van der Waals surface area contributed by atoms with Gasteiger partial charge in [-0.3, -0.25) is 0 Å². The monoisotopic (exact) mass is 213 g/mol. The van der Waals surface area contributed by atoms with Gasteiger partial charge < -0.3 is 14.6 Å². The fourth-order valence-electron chi connectivity index (χ4n) is 0.955. The number of nitrogens with zero attached hydrogens (tertiary/aromatic N) is 2. The van der Waals surface area contributed by atoms with E-state index in [9.17, 15) is 0 Å². The van der Waals surface area contributed by atoms with Gasteiger partial charge in [-0.15, -0.1) is 0 Å². The zero-order valence-corrected chi connectivity index (χ0v) is 9.83. The van der Waals surface area contributed by atoms with Gasteiger partial charge in [0, 0.05) is 12.1 Å². The maximum Gasteiger partial charge on any atom is 0.240 e. The van der Waals surface area contributed by atoms with Crippen LogP contribution in [0, 0.1) is 0 Å². The van der Waals surface area contributed by atoms with E-state index in [2.05, 4.69) is 36.2 Å². The van der Waals surface area contributed by atoms with E-state index in [1.807, 2.05) is 6.92 Å². The molecule has 5 nitrogen and oxygen atoms in total. The number of ether oxygens (including phenoxy) is 1. The van der Waals surface area contributed by atoms with Crippen LogP contribution in [-0.2, 0) is 17.9 Å². The van der Waals surface area contributed by atoms with Crippen LogP contribution in [0.2, 0.25) is 0 Å². The molecule has 0 amide bonds. The van der Waals surface area contributed by atoms with Crippen molar-refractivity contribution in [3.63, 3.8) is 0 Å². The predicted octanol–water partition coefficient (Wildman–Crippen LogP) is 1.49. The fraction of sp³-hybridized carbons (Fsp3) is 0.800. The van der Waals surface area contributed by atoms with Crippen LogP contribution in [0.4, 0.5) is 0 Å². The summed E-state index contributed by atoms with van der Waals surface area (Å²) < 4.78 is 10.2. The Hall–Kier alpha value is -0.940. The van der Waals surface area contributed by atoms with E-state index in [-0.39, 0.29) is 5.54 Å². The van der Waals surface area contributed by atoms with E-state index < -0.39 is 0 Å². The van der Waals surface area contributed by atoms with Crippen LogP contribution in [0.15, 0.2) is 4.52 Å². The lowest BCUT2D eigenvalue weighted by Crippen LogP contribution is -2.35. The van der Waals surface area contributed by atoms with Crippen molar-refractivity contribution in [3.05, 3.63) is 11.7 Å². The molecule has 5 heteroatoms. The summed E-state index contributed by atoms with van der Waals surface area (Å²) in [5.41, 5.74) is 0.0502. The smallest absolute Gasteiger partial charge is 0.240 e. The van der Waals surface area contributed by atoms with Crippen molar-refractivity contribution in [3.8, 4) is 0 Å². The maximum atomic E-state index is 5.17. The standard InChI is InChI=1S/C10H19N3O2/c1-5-14-7-8-12-9(15-13-8)6-11-10(2,3)4/h11H,5-7H2,1-4H3. The lowest BCUT2D eigenvalue weighted by Gasteiger charge is -2.18. The molecule has 1 N–H and O–H groups in total. The summed E-state index contributed by atoms with van der Waals surface area (Å²) in [5.74, 6) is 1.20. The topological polar surface area (TPSA) is 60.2 Å². The minimum absolute atomic E-state index is 0.0502. The van der Waals surface area contributed by atoms with Gasteiger partial charge in [-0.2, -0.15) is 4.98 Å².